The minimum absolute atomic E-state index is 0.0227. The number of amides is 1. The van der Waals surface area contributed by atoms with Crippen molar-refractivity contribution in [2.75, 3.05) is 14.1 Å². The van der Waals surface area contributed by atoms with Crippen molar-refractivity contribution in [1.82, 2.24) is 9.47 Å². The molecule has 20 heavy (non-hydrogen) atoms. The Labute approximate surface area is 120 Å². The lowest BCUT2D eigenvalue weighted by molar-refractivity contribution is -0.130. The monoisotopic (exact) mass is 287 g/mol. The van der Waals surface area contributed by atoms with E-state index in [-0.39, 0.29) is 24.5 Å². The van der Waals surface area contributed by atoms with Gasteiger partial charge in [-0.2, -0.15) is 5.26 Å². The van der Waals surface area contributed by atoms with E-state index in [0.29, 0.717) is 5.69 Å². The molecule has 6 heteroatoms. The average Bonchev–Trinajstić information content (AvgIpc) is 3.02. The van der Waals surface area contributed by atoms with Crippen molar-refractivity contribution in [3.63, 3.8) is 0 Å². The second kappa shape index (κ2) is 4.18. The Morgan fingerprint density at radius 1 is 1.60 bits per heavy atom. The van der Waals surface area contributed by atoms with Crippen LogP contribution >= 0.6 is 11.3 Å². The Morgan fingerprint density at radius 3 is 3.00 bits per heavy atom. The Morgan fingerprint density at radius 2 is 2.35 bits per heavy atom. The van der Waals surface area contributed by atoms with E-state index in [1.807, 2.05) is 17.5 Å². The summed E-state index contributed by atoms with van der Waals surface area (Å²) >= 11 is 1.53. The molecule has 0 aliphatic carbocycles. The average molecular weight is 287 g/mol. The highest BCUT2D eigenvalue weighted by Crippen LogP contribution is 2.41. The highest BCUT2D eigenvalue weighted by Gasteiger charge is 2.46. The summed E-state index contributed by atoms with van der Waals surface area (Å²) in [6, 6.07) is 5.94. The summed E-state index contributed by atoms with van der Waals surface area (Å²) in [5, 5.41) is 11.6. The van der Waals surface area contributed by atoms with Crippen molar-refractivity contribution in [2.45, 2.75) is 18.4 Å². The van der Waals surface area contributed by atoms with E-state index in [4.69, 9.17) is 0 Å². The predicted molar refractivity (Wildman–Crippen MR) is 75.7 cm³/mol. The van der Waals surface area contributed by atoms with E-state index < -0.39 is 5.54 Å². The van der Waals surface area contributed by atoms with Crippen molar-refractivity contribution in [3.8, 4) is 6.07 Å². The fraction of sp³-hybridized carbons (Fsp3) is 0.357. The van der Waals surface area contributed by atoms with Gasteiger partial charge in [0, 0.05) is 14.1 Å². The van der Waals surface area contributed by atoms with Crippen LogP contribution in [-0.4, -0.2) is 35.3 Å². The number of nitriles is 1. The molecular formula is C14H13N3O2S. The number of aromatic nitrogens is 1. The van der Waals surface area contributed by atoms with Gasteiger partial charge in [0.15, 0.2) is 5.78 Å². The van der Waals surface area contributed by atoms with E-state index in [2.05, 4.69) is 6.07 Å². The lowest BCUT2D eigenvalue weighted by atomic mass is 9.92. The first-order chi connectivity index (χ1) is 9.48. The second-order valence-corrected chi connectivity index (χ2v) is 6.19. The standard InChI is InChI=1S/C14H13N3O2S/c1-16(2)13(19)7-14(8-15)6-11(18)10-5-12-9(17(10)14)3-4-20-12/h3-5H,6-7H2,1-2H3. The molecule has 1 amide bonds. The summed E-state index contributed by atoms with van der Waals surface area (Å²) in [4.78, 5) is 25.6. The molecule has 1 unspecified atom stereocenters. The summed E-state index contributed by atoms with van der Waals surface area (Å²) in [5.74, 6) is -0.217. The molecule has 1 aliphatic rings. The summed E-state index contributed by atoms with van der Waals surface area (Å²) in [6.07, 6.45) is 0.0963. The van der Waals surface area contributed by atoms with Crippen LogP contribution in [0, 0.1) is 11.3 Å². The van der Waals surface area contributed by atoms with Gasteiger partial charge in [0.25, 0.3) is 0 Å². The molecule has 0 bridgehead atoms. The maximum absolute atomic E-state index is 12.2. The molecule has 0 saturated heterocycles. The Balaban J connectivity index is 2.18. The molecular weight excluding hydrogens is 274 g/mol. The molecule has 2 aromatic rings. The van der Waals surface area contributed by atoms with Gasteiger partial charge in [-0.3, -0.25) is 9.59 Å². The second-order valence-electron chi connectivity index (χ2n) is 5.24. The highest BCUT2D eigenvalue weighted by molar-refractivity contribution is 7.17. The van der Waals surface area contributed by atoms with Crippen molar-refractivity contribution in [1.29, 1.82) is 5.26 Å². The Hall–Kier alpha value is -2.13. The van der Waals surface area contributed by atoms with Crippen LogP contribution in [0.1, 0.15) is 23.3 Å². The fourth-order valence-corrected chi connectivity index (χ4v) is 3.51. The van der Waals surface area contributed by atoms with Crippen LogP contribution in [0.4, 0.5) is 0 Å². The molecule has 0 aromatic carbocycles. The summed E-state index contributed by atoms with van der Waals surface area (Å²) in [6.45, 7) is 0. The SMILES string of the molecule is CN(C)C(=O)CC1(C#N)CC(=O)c2cc3sccc3n21. The molecule has 2 aromatic heterocycles. The number of rotatable bonds is 2. The number of ketones is 1. The van der Waals surface area contributed by atoms with Gasteiger partial charge in [-0.05, 0) is 17.5 Å². The maximum atomic E-state index is 12.2. The van der Waals surface area contributed by atoms with Crippen LogP contribution in [0.3, 0.4) is 0 Å². The molecule has 0 fully saturated rings. The molecule has 1 aliphatic heterocycles. The van der Waals surface area contributed by atoms with Crippen LogP contribution in [-0.2, 0) is 10.3 Å². The lowest BCUT2D eigenvalue weighted by Crippen LogP contribution is -2.36. The molecule has 102 valence electrons. The third-order valence-electron chi connectivity index (χ3n) is 3.74. The topological polar surface area (TPSA) is 66.1 Å². The maximum Gasteiger partial charge on any atom is 0.225 e. The van der Waals surface area contributed by atoms with E-state index in [0.717, 1.165) is 10.2 Å². The third kappa shape index (κ3) is 1.60. The Kier molecular flexibility index (Phi) is 2.69. The number of hydrogen-bond acceptors (Lipinski definition) is 4. The minimum atomic E-state index is -1.09. The van der Waals surface area contributed by atoms with Crippen molar-refractivity contribution in [2.24, 2.45) is 0 Å². The summed E-state index contributed by atoms with van der Waals surface area (Å²) in [5.41, 5.74) is 0.320. The zero-order valence-electron chi connectivity index (χ0n) is 11.2. The molecule has 0 N–H and O–H groups in total. The van der Waals surface area contributed by atoms with Crippen LogP contribution in [0.15, 0.2) is 17.5 Å². The molecule has 0 saturated carbocycles. The largest absolute Gasteiger partial charge is 0.349 e. The van der Waals surface area contributed by atoms with Crippen molar-refractivity contribution >= 4 is 33.2 Å². The molecule has 0 radical (unpaired) electrons. The highest BCUT2D eigenvalue weighted by atomic mass is 32.1. The number of fused-ring (bicyclic) bond motifs is 3. The first kappa shape index (κ1) is 12.9. The first-order valence-electron chi connectivity index (χ1n) is 6.22. The Bertz CT molecular complexity index is 765. The number of Topliss-reactive ketones (excluding diaryl/α,β-unsaturated/α-hetero) is 1. The van der Waals surface area contributed by atoms with Gasteiger partial charge in [0.2, 0.25) is 5.91 Å². The molecule has 3 rings (SSSR count). The normalized spacial score (nSPS) is 20.9. The smallest absolute Gasteiger partial charge is 0.225 e. The molecule has 5 nitrogen and oxygen atoms in total. The van der Waals surface area contributed by atoms with Crippen LogP contribution in [0.2, 0.25) is 0 Å². The first-order valence-corrected chi connectivity index (χ1v) is 7.10. The quantitative estimate of drug-likeness (QED) is 0.848. The van der Waals surface area contributed by atoms with E-state index in [9.17, 15) is 14.9 Å². The van der Waals surface area contributed by atoms with Gasteiger partial charge in [0.1, 0.15) is 5.54 Å². The van der Waals surface area contributed by atoms with Gasteiger partial charge in [-0.25, -0.2) is 0 Å². The number of nitrogens with zero attached hydrogens (tertiary/aromatic N) is 3. The summed E-state index contributed by atoms with van der Waals surface area (Å²) < 4.78 is 2.73. The van der Waals surface area contributed by atoms with E-state index in [1.54, 1.807) is 18.7 Å². The predicted octanol–water partition coefficient (Wildman–Crippen LogP) is 1.99. The van der Waals surface area contributed by atoms with Crippen molar-refractivity contribution in [3.05, 3.63) is 23.2 Å². The summed E-state index contributed by atoms with van der Waals surface area (Å²) in [7, 11) is 3.31. The van der Waals surface area contributed by atoms with Crippen LogP contribution in [0.5, 0.6) is 0 Å². The van der Waals surface area contributed by atoms with Gasteiger partial charge in [0.05, 0.1) is 34.8 Å². The van der Waals surface area contributed by atoms with E-state index in [1.165, 1.54) is 16.2 Å². The zero-order valence-corrected chi connectivity index (χ0v) is 12.0. The van der Waals surface area contributed by atoms with Gasteiger partial charge >= 0.3 is 0 Å². The molecule has 1 atom stereocenters. The van der Waals surface area contributed by atoms with Crippen LogP contribution < -0.4 is 0 Å². The van der Waals surface area contributed by atoms with Gasteiger partial charge in [-0.15, -0.1) is 11.3 Å². The third-order valence-corrected chi connectivity index (χ3v) is 4.59. The number of carbonyl (C=O) groups excluding carboxylic acids is 2. The van der Waals surface area contributed by atoms with E-state index >= 15 is 0 Å². The number of carbonyl (C=O) groups is 2. The van der Waals surface area contributed by atoms with Crippen LogP contribution in [0.25, 0.3) is 10.2 Å². The number of hydrogen-bond donors (Lipinski definition) is 0. The zero-order chi connectivity index (χ0) is 14.5. The van der Waals surface area contributed by atoms with Gasteiger partial charge in [-0.1, -0.05) is 0 Å². The number of thiophene rings is 1. The fourth-order valence-electron chi connectivity index (χ4n) is 2.71. The van der Waals surface area contributed by atoms with Gasteiger partial charge < -0.3 is 9.47 Å². The van der Waals surface area contributed by atoms with Crippen molar-refractivity contribution < 1.29 is 9.59 Å². The lowest BCUT2D eigenvalue weighted by Gasteiger charge is -2.24. The minimum Gasteiger partial charge on any atom is -0.349 e. The molecule has 3 heterocycles. The molecule has 0 spiro atoms.